The summed E-state index contributed by atoms with van der Waals surface area (Å²) in [6, 6.07) is 0. The van der Waals surface area contributed by atoms with Crippen molar-refractivity contribution in [3.05, 3.63) is 10.4 Å². The molecule has 1 aliphatic rings. The van der Waals surface area contributed by atoms with Gasteiger partial charge in [0, 0.05) is 13.0 Å². The van der Waals surface area contributed by atoms with Crippen molar-refractivity contribution in [2.45, 2.75) is 32.0 Å². The highest BCUT2D eigenvalue weighted by Gasteiger charge is 2.25. The Hall–Kier alpha value is -0.850. The topological polar surface area (TPSA) is 42.2 Å². The first kappa shape index (κ1) is 15.1. The van der Waals surface area contributed by atoms with E-state index in [4.69, 9.17) is 9.97 Å². The fourth-order valence-corrected chi connectivity index (χ4v) is 4.47. The van der Waals surface area contributed by atoms with Crippen LogP contribution in [0, 0.1) is 5.92 Å². The van der Waals surface area contributed by atoms with Crippen molar-refractivity contribution in [1.29, 1.82) is 0 Å². The maximum atomic E-state index is 4.73. The Bertz CT molecular complexity index is 651. The number of thiophene rings is 1. The highest BCUT2D eigenvalue weighted by molar-refractivity contribution is 7.98. The van der Waals surface area contributed by atoms with Crippen molar-refractivity contribution in [2.75, 3.05) is 31.7 Å². The summed E-state index contributed by atoms with van der Waals surface area (Å²) in [5.74, 6) is 1.65. The van der Waals surface area contributed by atoms with E-state index in [0.717, 1.165) is 35.3 Å². The molecule has 0 spiro atoms. The second-order valence-electron chi connectivity index (χ2n) is 6.15. The minimum absolute atomic E-state index is 0.609. The van der Waals surface area contributed by atoms with E-state index in [9.17, 15) is 0 Å². The van der Waals surface area contributed by atoms with Crippen LogP contribution in [0.1, 0.15) is 24.3 Å². The van der Waals surface area contributed by atoms with Gasteiger partial charge in [0.05, 0.1) is 23.9 Å². The zero-order valence-electron chi connectivity index (χ0n) is 13.1. The minimum Gasteiger partial charge on any atom is -0.369 e. The number of thioether (sulfide) groups is 1. The predicted molar refractivity (Wildman–Crippen MR) is 91.7 cm³/mol. The number of anilines is 1. The fourth-order valence-electron chi connectivity index (χ4n) is 2.71. The molecule has 4 nitrogen and oxygen atoms in total. The number of rotatable bonds is 4. The molecule has 0 radical (unpaired) electrons. The molecule has 2 N–H and O–H groups in total. The largest absolute Gasteiger partial charge is 0.369 e. The molecule has 0 saturated heterocycles. The maximum Gasteiger partial charge on any atom is 0.190 e. The van der Waals surface area contributed by atoms with Crippen molar-refractivity contribution in [1.82, 2.24) is 9.97 Å². The first-order valence-corrected chi connectivity index (χ1v) is 9.54. The van der Waals surface area contributed by atoms with E-state index in [2.05, 4.69) is 26.2 Å². The molecule has 1 unspecified atom stereocenters. The highest BCUT2D eigenvalue weighted by atomic mass is 32.2. The van der Waals surface area contributed by atoms with Crippen LogP contribution >= 0.6 is 23.1 Å². The third-order valence-electron chi connectivity index (χ3n) is 3.84. The molecule has 0 aromatic carbocycles. The van der Waals surface area contributed by atoms with Gasteiger partial charge in [0.1, 0.15) is 17.2 Å². The molecule has 0 amide bonds. The lowest BCUT2D eigenvalue weighted by molar-refractivity contribution is -0.895. The molecule has 1 aliphatic heterocycles. The van der Waals surface area contributed by atoms with E-state index in [0.29, 0.717) is 5.92 Å². The Morgan fingerprint density at radius 3 is 2.90 bits per heavy atom. The van der Waals surface area contributed by atoms with Crippen LogP contribution in [0.5, 0.6) is 0 Å². The van der Waals surface area contributed by atoms with E-state index in [-0.39, 0.29) is 0 Å². The molecule has 0 aliphatic carbocycles. The summed E-state index contributed by atoms with van der Waals surface area (Å²) in [6.07, 6.45) is 3.18. The van der Waals surface area contributed by atoms with Crippen molar-refractivity contribution in [2.24, 2.45) is 5.92 Å². The van der Waals surface area contributed by atoms with Crippen LogP contribution in [-0.4, -0.2) is 36.4 Å². The third-order valence-corrected chi connectivity index (χ3v) is 5.51. The monoisotopic (exact) mass is 323 g/mol. The molecule has 3 rings (SSSR count). The van der Waals surface area contributed by atoms with Gasteiger partial charge in [-0.05, 0) is 17.7 Å². The minimum atomic E-state index is 0.609. The number of aromatic nitrogens is 2. The van der Waals surface area contributed by atoms with Gasteiger partial charge in [-0.3, -0.25) is 0 Å². The maximum absolute atomic E-state index is 4.73. The summed E-state index contributed by atoms with van der Waals surface area (Å²) >= 11 is 3.47. The van der Waals surface area contributed by atoms with Crippen LogP contribution in [0.15, 0.2) is 5.16 Å². The lowest BCUT2D eigenvalue weighted by Crippen LogP contribution is -3.08. The van der Waals surface area contributed by atoms with Gasteiger partial charge in [0.15, 0.2) is 5.16 Å². The summed E-state index contributed by atoms with van der Waals surface area (Å²) in [6.45, 7) is 7.72. The van der Waals surface area contributed by atoms with Crippen molar-refractivity contribution < 1.29 is 4.90 Å². The molecule has 21 heavy (non-hydrogen) atoms. The number of hydrogen-bond donors (Lipinski definition) is 2. The van der Waals surface area contributed by atoms with Crippen molar-refractivity contribution in [3.63, 3.8) is 0 Å². The van der Waals surface area contributed by atoms with Gasteiger partial charge in [-0.25, -0.2) is 9.97 Å². The summed E-state index contributed by atoms with van der Waals surface area (Å²) in [7, 11) is 2.27. The van der Waals surface area contributed by atoms with Gasteiger partial charge in [0.25, 0.3) is 0 Å². The molecule has 2 aromatic rings. The average molecular weight is 324 g/mol. The molecule has 0 saturated carbocycles. The SMILES string of the molecule is CSc1nc(NCC(C)C)c2c3c(sc2n1)C[NH+](C)CC3. The molecule has 3 heterocycles. The summed E-state index contributed by atoms with van der Waals surface area (Å²) in [4.78, 5) is 13.7. The van der Waals surface area contributed by atoms with Crippen LogP contribution in [0.3, 0.4) is 0 Å². The quantitative estimate of drug-likeness (QED) is 0.667. The van der Waals surface area contributed by atoms with Gasteiger partial charge < -0.3 is 10.2 Å². The van der Waals surface area contributed by atoms with Crippen LogP contribution in [0.4, 0.5) is 5.82 Å². The first-order valence-electron chi connectivity index (χ1n) is 7.50. The van der Waals surface area contributed by atoms with Crippen LogP contribution in [0.25, 0.3) is 10.2 Å². The Labute approximate surface area is 134 Å². The Balaban J connectivity index is 2.10. The molecule has 1 atom stereocenters. The number of quaternary nitrogens is 1. The van der Waals surface area contributed by atoms with Gasteiger partial charge in [-0.15, -0.1) is 11.3 Å². The van der Waals surface area contributed by atoms with Crippen LogP contribution in [0.2, 0.25) is 0 Å². The van der Waals surface area contributed by atoms with Gasteiger partial charge >= 0.3 is 0 Å². The fraction of sp³-hybridized carbons (Fsp3) is 0.600. The Morgan fingerprint density at radius 2 is 2.19 bits per heavy atom. The normalized spacial score (nSPS) is 18.2. The van der Waals surface area contributed by atoms with E-state index in [1.807, 2.05) is 17.6 Å². The standard InChI is InChI=1S/C15H22N4S2/c1-9(2)7-16-13-12-10-5-6-19(3)8-11(10)21-14(12)18-15(17-13)20-4/h9H,5-8H2,1-4H3,(H,16,17,18)/p+1. The van der Waals surface area contributed by atoms with E-state index >= 15 is 0 Å². The van der Waals surface area contributed by atoms with Crippen LogP contribution < -0.4 is 10.2 Å². The number of nitrogens with zero attached hydrogens (tertiary/aromatic N) is 2. The Kier molecular flexibility index (Phi) is 4.38. The predicted octanol–water partition coefficient (Wildman–Crippen LogP) is 2.05. The van der Waals surface area contributed by atoms with E-state index < -0.39 is 0 Å². The molecule has 114 valence electrons. The van der Waals surface area contributed by atoms with Gasteiger partial charge in [-0.1, -0.05) is 25.6 Å². The molecule has 0 fully saturated rings. The summed E-state index contributed by atoms with van der Waals surface area (Å²) < 4.78 is 0. The van der Waals surface area contributed by atoms with E-state index in [1.165, 1.54) is 22.4 Å². The average Bonchev–Trinajstić information content (AvgIpc) is 2.81. The Morgan fingerprint density at radius 1 is 1.38 bits per heavy atom. The zero-order valence-corrected chi connectivity index (χ0v) is 14.7. The number of nitrogens with one attached hydrogen (secondary N) is 2. The van der Waals surface area contributed by atoms with Crippen molar-refractivity contribution in [3.8, 4) is 0 Å². The molecule has 6 heteroatoms. The molecule has 0 bridgehead atoms. The summed E-state index contributed by atoms with van der Waals surface area (Å²) in [5, 5.41) is 5.69. The second kappa shape index (κ2) is 6.10. The first-order chi connectivity index (χ1) is 10.1. The molecular formula is C15H23N4S2+. The third kappa shape index (κ3) is 3.03. The lowest BCUT2D eigenvalue weighted by Gasteiger charge is -2.19. The molecular weight excluding hydrogens is 300 g/mol. The smallest absolute Gasteiger partial charge is 0.190 e. The second-order valence-corrected chi connectivity index (χ2v) is 8.01. The van der Waals surface area contributed by atoms with Crippen LogP contribution in [-0.2, 0) is 13.0 Å². The number of fused-ring (bicyclic) bond motifs is 3. The zero-order chi connectivity index (χ0) is 15.0. The lowest BCUT2D eigenvalue weighted by atomic mass is 10.1. The van der Waals surface area contributed by atoms with Crippen molar-refractivity contribution >= 4 is 39.1 Å². The highest BCUT2D eigenvalue weighted by Crippen LogP contribution is 2.36. The summed E-state index contributed by atoms with van der Waals surface area (Å²) in [5.41, 5.74) is 1.49. The van der Waals surface area contributed by atoms with E-state index in [1.54, 1.807) is 16.7 Å². The molecule has 2 aromatic heterocycles. The van der Waals surface area contributed by atoms with Gasteiger partial charge in [-0.2, -0.15) is 0 Å². The number of hydrogen-bond acceptors (Lipinski definition) is 5. The number of likely N-dealkylation sites (N-methyl/N-ethyl adjacent to an activating group) is 1. The van der Waals surface area contributed by atoms with Gasteiger partial charge in [0.2, 0.25) is 0 Å².